The van der Waals surface area contributed by atoms with Crippen molar-refractivity contribution in [3.8, 4) is 0 Å². The van der Waals surface area contributed by atoms with E-state index < -0.39 is 15.7 Å². The maximum absolute atomic E-state index is 12.4. The van der Waals surface area contributed by atoms with E-state index >= 15 is 0 Å². The van der Waals surface area contributed by atoms with Gasteiger partial charge in [-0.3, -0.25) is 4.55 Å². The quantitative estimate of drug-likeness (QED) is 0.134. The zero-order chi connectivity index (χ0) is 26.6. The maximum atomic E-state index is 12.4. The number of anilines is 4. The molecule has 0 saturated heterocycles. The Kier molecular flexibility index (Phi) is 6.98. The molecule has 0 radical (unpaired) electrons. The normalized spacial score (nSPS) is 11.6. The summed E-state index contributed by atoms with van der Waals surface area (Å²) in [5.41, 5.74) is 11.0. The molecule has 0 heterocycles. The summed E-state index contributed by atoms with van der Waals surface area (Å²) < 4.78 is 34.8. The number of nitrogens with one attached hydrogen (secondary N) is 2. The van der Waals surface area contributed by atoms with Gasteiger partial charge in [0.1, 0.15) is 0 Å². The van der Waals surface area contributed by atoms with Crippen molar-refractivity contribution in [1.29, 1.82) is 0 Å². The van der Waals surface area contributed by atoms with Crippen LogP contribution >= 0.6 is 0 Å². The van der Waals surface area contributed by atoms with Gasteiger partial charge < -0.3 is 16.4 Å². The lowest BCUT2D eigenvalue weighted by Gasteiger charge is -2.33. The summed E-state index contributed by atoms with van der Waals surface area (Å²) in [6.07, 6.45) is 0. The van der Waals surface area contributed by atoms with Crippen LogP contribution in [0.15, 0.2) is 138 Å². The first kappa shape index (κ1) is 25.2. The van der Waals surface area contributed by atoms with Crippen molar-refractivity contribution in [2.45, 2.75) is 10.4 Å². The average Bonchev–Trinajstić information content (AvgIpc) is 2.94. The minimum Gasteiger partial charge on any atom is -0.356 e. The minimum atomic E-state index is -4.54. The molecule has 38 heavy (non-hydrogen) atoms. The van der Waals surface area contributed by atoms with Gasteiger partial charge in [-0.2, -0.15) is 8.42 Å². The van der Waals surface area contributed by atoms with Gasteiger partial charge in [-0.15, -0.1) is 0 Å². The van der Waals surface area contributed by atoms with Crippen LogP contribution in [0.3, 0.4) is 0 Å². The number of benzene rings is 5. The lowest BCUT2D eigenvalue weighted by molar-refractivity contribution is 0.479. The summed E-state index contributed by atoms with van der Waals surface area (Å²) in [4.78, 5) is -0.236. The Labute approximate surface area is 222 Å². The predicted molar refractivity (Wildman–Crippen MR) is 153 cm³/mol. The molecule has 0 spiro atoms. The van der Waals surface area contributed by atoms with Crippen molar-refractivity contribution >= 4 is 32.9 Å². The molecule has 0 aromatic heterocycles. The largest absolute Gasteiger partial charge is 0.356 e. The molecule has 0 saturated carbocycles. The van der Waals surface area contributed by atoms with Gasteiger partial charge in [-0.25, -0.2) is 0 Å². The van der Waals surface area contributed by atoms with Crippen LogP contribution in [0, 0.1) is 0 Å². The molecule has 0 atom stereocenters. The first-order chi connectivity index (χ1) is 18.3. The Morgan fingerprint density at radius 1 is 0.526 bits per heavy atom. The van der Waals surface area contributed by atoms with Gasteiger partial charge in [0.15, 0.2) is 0 Å². The van der Waals surface area contributed by atoms with Crippen molar-refractivity contribution in [3.63, 3.8) is 0 Å². The van der Waals surface area contributed by atoms with Gasteiger partial charge >= 0.3 is 0 Å². The Bertz CT molecular complexity index is 1540. The van der Waals surface area contributed by atoms with Crippen LogP contribution in [-0.4, -0.2) is 13.0 Å². The molecule has 0 aliphatic heterocycles. The number of hydrogen-bond acceptors (Lipinski definition) is 5. The molecule has 6 nitrogen and oxygen atoms in total. The summed E-state index contributed by atoms with van der Waals surface area (Å²) in [6.45, 7) is 0. The van der Waals surface area contributed by atoms with Crippen LogP contribution in [0.5, 0.6) is 0 Å². The molecule has 0 bridgehead atoms. The molecule has 5 N–H and O–H groups in total. The minimum absolute atomic E-state index is 0.236. The van der Waals surface area contributed by atoms with Crippen molar-refractivity contribution < 1.29 is 13.0 Å². The van der Waals surface area contributed by atoms with Gasteiger partial charge in [0.2, 0.25) is 0 Å². The van der Waals surface area contributed by atoms with Gasteiger partial charge in [-0.05, 0) is 65.7 Å². The fourth-order valence-electron chi connectivity index (χ4n) is 4.50. The van der Waals surface area contributed by atoms with Crippen LogP contribution in [-0.2, 0) is 15.7 Å². The summed E-state index contributed by atoms with van der Waals surface area (Å²) in [6, 6.07) is 40.9. The highest BCUT2D eigenvalue weighted by Crippen LogP contribution is 2.38. The highest BCUT2D eigenvalue weighted by Gasteiger charge is 2.36. The van der Waals surface area contributed by atoms with Crippen molar-refractivity contribution in [2.75, 3.05) is 10.6 Å². The zero-order valence-corrected chi connectivity index (χ0v) is 21.3. The highest BCUT2D eigenvalue weighted by molar-refractivity contribution is 7.85. The van der Waals surface area contributed by atoms with Gasteiger partial charge in [0, 0.05) is 28.3 Å². The third kappa shape index (κ3) is 5.31. The van der Waals surface area contributed by atoms with E-state index in [1.54, 1.807) is 18.2 Å². The first-order valence-electron chi connectivity index (χ1n) is 12.1. The van der Waals surface area contributed by atoms with Crippen molar-refractivity contribution in [3.05, 3.63) is 150 Å². The molecular weight excluding hydrogens is 494 g/mol. The molecule has 5 aromatic carbocycles. The Morgan fingerprint density at radius 2 is 0.895 bits per heavy atom. The number of nitrogens with two attached hydrogens (primary N) is 1. The van der Waals surface area contributed by atoms with Crippen molar-refractivity contribution in [2.24, 2.45) is 5.73 Å². The van der Waals surface area contributed by atoms with Crippen LogP contribution < -0.4 is 16.4 Å². The molecule has 190 valence electrons. The first-order valence-corrected chi connectivity index (χ1v) is 13.5. The van der Waals surface area contributed by atoms with Crippen LogP contribution in [0.4, 0.5) is 22.7 Å². The summed E-state index contributed by atoms with van der Waals surface area (Å²) in [5.74, 6) is 0. The summed E-state index contributed by atoms with van der Waals surface area (Å²) in [7, 11) is -4.54. The zero-order valence-electron chi connectivity index (χ0n) is 20.5. The van der Waals surface area contributed by atoms with Crippen molar-refractivity contribution in [1.82, 2.24) is 0 Å². The molecule has 0 aliphatic rings. The van der Waals surface area contributed by atoms with E-state index in [9.17, 15) is 13.0 Å². The van der Waals surface area contributed by atoms with E-state index in [-0.39, 0.29) is 10.5 Å². The average molecular weight is 522 g/mol. The highest BCUT2D eigenvalue weighted by atomic mass is 32.2. The molecule has 0 unspecified atom stereocenters. The van der Waals surface area contributed by atoms with E-state index in [1.165, 1.54) is 6.07 Å². The Morgan fingerprint density at radius 3 is 1.32 bits per heavy atom. The third-order valence-electron chi connectivity index (χ3n) is 6.40. The molecule has 0 amide bonds. The smallest absolute Gasteiger partial charge is 0.294 e. The second kappa shape index (κ2) is 10.5. The van der Waals surface area contributed by atoms with Crippen LogP contribution in [0.25, 0.3) is 0 Å². The Hall–Kier alpha value is -4.43. The molecule has 5 aromatic rings. The summed E-state index contributed by atoms with van der Waals surface area (Å²) >= 11 is 0. The topological polar surface area (TPSA) is 104 Å². The van der Waals surface area contributed by atoms with E-state index in [1.807, 2.05) is 109 Å². The number of hydrogen-bond donors (Lipinski definition) is 4. The van der Waals surface area contributed by atoms with Gasteiger partial charge in [-0.1, -0.05) is 78.9 Å². The molecule has 5 rings (SSSR count). The number of rotatable bonds is 8. The molecule has 7 heteroatoms. The van der Waals surface area contributed by atoms with E-state index in [4.69, 9.17) is 5.73 Å². The standard InChI is InChI=1S/C31H27N3O3S/c32-31(29-13-7-8-14-30(29)38(35,36)37,23-15-19-27(20-16-23)33-25-9-3-1-4-10-25)24-17-21-28(22-18-24)34-26-11-5-2-6-12-26/h1-22,33-34H,32H2,(H,35,36,37). The third-order valence-corrected chi connectivity index (χ3v) is 7.31. The number of para-hydroxylation sites is 2. The van der Waals surface area contributed by atoms with E-state index in [0.717, 1.165) is 22.7 Å². The second-order valence-electron chi connectivity index (χ2n) is 8.92. The lowest BCUT2D eigenvalue weighted by atomic mass is 9.78. The monoisotopic (exact) mass is 521 g/mol. The molecule has 0 fully saturated rings. The summed E-state index contributed by atoms with van der Waals surface area (Å²) in [5, 5.41) is 6.69. The fraction of sp³-hybridized carbons (Fsp3) is 0.0323. The predicted octanol–water partition coefficient (Wildman–Crippen LogP) is 6.67. The van der Waals surface area contributed by atoms with Crippen LogP contribution in [0.1, 0.15) is 16.7 Å². The Balaban J connectivity index is 1.58. The molecular formula is C31H27N3O3S. The second-order valence-corrected chi connectivity index (χ2v) is 10.3. The fourth-order valence-corrected chi connectivity index (χ4v) is 5.26. The van der Waals surface area contributed by atoms with E-state index in [2.05, 4.69) is 10.6 Å². The van der Waals surface area contributed by atoms with Crippen LogP contribution in [0.2, 0.25) is 0 Å². The molecule has 0 aliphatic carbocycles. The van der Waals surface area contributed by atoms with Gasteiger partial charge in [0.25, 0.3) is 10.1 Å². The SMILES string of the molecule is NC(c1ccc(Nc2ccccc2)cc1)(c1ccc(Nc2ccccc2)cc1)c1ccccc1S(=O)(=O)O. The maximum Gasteiger partial charge on any atom is 0.294 e. The lowest BCUT2D eigenvalue weighted by Crippen LogP contribution is -2.40. The van der Waals surface area contributed by atoms with Gasteiger partial charge in [0.05, 0.1) is 10.4 Å². The van der Waals surface area contributed by atoms with E-state index in [0.29, 0.717) is 11.1 Å².